The zero-order chi connectivity index (χ0) is 13.0. The van der Waals surface area contributed by atoms with Crippen LogP contribution in [0.2, 0.25) is 5.02 Å². The predicted octanol–water partition coefficient (Wildman–Crippen LogP) is 3.65. The molecular weight excluding hydrogens is 252 g/mol. The molecule has 0 unspecified atom stereocenters. The van der Waals surface area contributed by atoms with Gasteiger partial charge in [-0.3, -0.25) is 10.3 Å². The Hall–Kier alpha value is -2.07. The third-order valence-corrected chi connectivity index (χ3v) is 2.67. The summed E-state index contributed by atoms with van der Waals surface area (Å²) in [6.45, 7) is 1.89. The summed E-state index contributed by atoms with van der Waals surface area (Å²) < 4.78 is 5.03. The number of nitrogens with zero attached hydrogens (tertiary/aromatic N) is 1. The van der Waals surface area contributed by atoms with E-state index in [1.54, 1.807) is 30.5 Å². The number of carbonyl (C=O) groups is 1. The second-order valence-electron chi connectivity index (χ2n) is 3.67. The lowest BCUT2D eigenvalue weighted by Gasteiger charge is -2.07. The second kappa shape index (κ2) is 5.51. The van der Waals surface area contributed by atoms with E-state index in [9.17, 15) is 4.79 Å². The molecule has 2 aromatic rings. The number of carbonyl (C=O) groups excluding carboxylic acids is 1. The van der Waals surface area contributed by atoms with Gasteiger partial charge in [0.05, 0.1) is 6.20 Å². The third-order valence-electron chi connectivity index (χ3n) is 2.26. The number of aromatic nitrogens is 1. The summed E-state index contributed by atoms with van der Waals surface area (Å²) >= 11 is 5.96. The van der Waals surface area contributed by atoms with Crippen LogP contribution in [0.4, 0.5) is 10.5 Å². The quantitative estimate of drug-likeness (QED) is 0.899. The van der Waals surface area contributed by atoms with Crippen molar-refractivity contribution in [3.05, 3.63) is 53.3 Å². The van der Waals surface area contributed by atoms with E-state index in [0.29, 0.717) is 16.5 Å². The van der Waals surface area contributed by atoms with Crippen molar-refractivity contribution in [1.82, 2.24) is 4.98 Å². The maximum Gasteiger partial charge on any atom is 0.417 e. The Morgan fingerprint density at radius 3 is 2.89 bits per heavy atom. The van der Waals surface area contributed by atoms with Crippen molar-refractivity contribution in [2.24, 2.45) is 0 Å². The van der Waals surface area contributed by atoms with E-state index in [1.165, 1.54) is 6.20 Å². The van der Waals surface area contributed by atoms with Crippen molar-refractivity contribution in [1.29, 1.82) is 0 Å². The van der Waals surface area contributed by atoms with Crippen molar-refractivity contribution in [2.45, 2.75) is 6.92 Å². The summed E-state index contributed by atoms with van der Waals surface area (Å²) in [4.78, 5) is 15.4. The number of halogens is 1. The summed E-state index contributed by atoms with van der Waals surface area (Å²) in [6, 6.07) is 8.58. The Labute approximate surface area is 110 Å². The molecule has 0 aliphatic carbocycles. The van der Waals surface area contributed by atoms with E-state index in [-0.39, 0.29) is 0 Å². The van der Waals surface area contributed by atoms with Gasteiger partial charge < -0.3 is 4.74 Å². The molecule has 0 aliphatic rings. The van der Waals surface area contributed by atoms with Crippen molar-refractivity contribution in [3.8, 4) is 5.75 Å². The highest BCUT2D eigenvalue weighted by Gasteiger charge is 2.06. The zero-order valence-electron chi connectivity index (χ0n) is 9.68. The topological polar surface area (TPSA) is 51.2 Å². The Morgan fingerprint density at radius 2 is 2.22 bits per heavy atom. The lowest BCUT2D eigenvalue weighted by atomic mass is 10.2. The fraction of sp³-hybridized carbons (Fsp3) is 0.0769. The first-order valence-corrected chi connectivity index (χ1v) is 5.68. The number of anilines is 1. The van der Waals surface area contributed by atoms with Gasteiger partial charge in [0.25, 0.3) is 0 Å². The fourth-order valence-electron chi connectivity index (χ4n) is 1.33. The molecule has 5 heteroatoms. The molecule has 0 bridgehead atoms. The maximum absolute atomic E-state index is 11.6. The normalized spacial score (nSPS) is 9.89. The van der Waals surface area contributed by atoms with Crippen LogP contribution in [0.1, 0.15) is 5.56 Å². The average molecular weight is 263 g/mol. The molecular formula is C13H11ClN2O2. The van der Waals surface area contributed by atoms with Crippen LogP contribution in [0, 0.1) is 6.92 Å². The van der Waals surface area contributed by atoms with Crippen molar-refractivity contribution < 1.29 is 9.53 Å². The van der Waals surface area contributed by atoms with Gasteiger partial charge in [-0.25, -0.2) is 4.79 Å². The number of nitrogens with one attached hydrogen (secondary N) is 1. The molecule has 0 spiro atoms. The molecule has 0 radical (unpaired) electrons. The standard InChI is InChI=1S/C13H11ClN2O2/c1-9-4-5-10(7-12(9)14)16-13(17)18-11-3-2-6-15-8-11/h2-8H,1H3,(H,16,17). The van der Waals surface area contributed by atoms with E-state index < -0.39 is 6.09 Å². The average Bonchev–Trinajstić information content (AvgIpc) is 2.35. The van der Waals surface area contributed by atoms with E-state index in [4.69, 9.17) is 16.3 Å². The molecule has 0 aliphatic heterocycles. The Morgan fingerprint density at radius 1 is 1.39 bits per heavy atom. The molecule has 1 aromatic carbocycles. The monoisotopic (exact) mass is 262 g/mol. The van der Waals surface area contributed by atoms with Crippen LogP contribution in [0.3, 0.4) is 0 Å². The highest BCUT2D eigenvalue weighted by Crippen LogP contribution is 2.20. The molecule has 0 saturated carbocycles. The first kappa shape index (κ1) is 12.4. The number of benzene rings is 1. The molecule has 0 fully saturated rings. The van der Waals surface area contributed by atoms with Crippen molar-refractivity contribution in [2.75, 3.05) is 5.32 Å². The molecule has 92 valence electrons. The van der Waals surface area contributed by atoms with Gasteiger partial charge in [-0.2, -0.15) is 0 Å². The lowest BCUT2D eigenvalue weighted by molar-refractivity contribution is 0.215. The zero-order valence-corrected chi connectivity index (χ0v) is 10.4. The summed E-state index contributed by atoms with van der Waals surface area (Å²) in [5.41, 5.74) is 1.53. The van der Waals surface area contributed by atoms with Gasteiger partial charge in [0.1, 0.15) is 0 Å². The van der Waals surface area contributed by atoms with Gasteiger partial charge in [-0.05, 0) is 36.8 Å². The van der Waals surface area contributed by atoms with Gasteiger partial charge in [-0.1, -0.05) is 17.7 Å². The first-order chi connectivity index (χ1) is 8.65. The van der Waals surface area contributed by atoms with Gasteiger partial charge in [0, 0.05) is 16.9 Å². The van der Waals surface area contributed by atoms with E-state index in [0.717, 1.165) is 5.56 Å². The Balaban J connectivity index is 2.01. The van der Waals surface area contributed by atoms with Crippen molar-refractivity contribution >= 4 is 23.4 Å². The lowest BCUT2D eigenvalue weighted by Crippen LogP contribution is -2.16. The van der Waals surface area contributed by atoms with Gasteiger partial charge in [-0.15, -0.1) is 0 Å². The molecule has 0 atom stereocenters. The highest BCUT2D eigenvalue weighted by atomic mass is 35.5. The van der Waals surface area contributed by atoms with Crippen LogP contribution in [0.5, 0.6) is 5.75 Å². The third kappa shape index (κ3) is 3.21. The number of hydrogen-bond donors (Lipinski definition) is 1. The maximum atomic E-state index is 11.6. The number of rotatable bonds is 2. The summed E-state index contributed by atoms with van der Waals surface area (Å²) in [6.07, 6.45) is 2.48. The smallest absolute Gasteiger partial charge is 0.408 e. The summed E-state index contributed by atoms with van der Waals surface area (Å²) in [5, 5.41) is 3.18. The molecule has 1 amide bonds. The largest absolute Gasteiger partial charge is 0.417 e. The SMILES string of the molecule is Cc1ccc(NC(=O)Oc2cccnc2)cc1Cl. The van der Waals surface area contributed by atoms with Crippen LogP contribution in [-0.2, 0) is 0 Å². The summed E-state index contributed by atoms with van der Waals surface area (Å²) in [5.74, 6) is 0.383. The Kier molecular flexibility index (Phi) is 3.79. The van der Waals surface area contributed by atoms with Crippen molar-refractivity contribution in [3.63, 3.8) is 0 Å². The molecule has 18 heavy (non-hydrogen) atoms. The second-order valence-corrected chi connectivity index (χ2v) is 4.07. The van der Waals surface area contributed by atoms with E-state index >= 15 is 0 Å². The van der Waals surface area contributed by atoms with Crippen LogP contribution in [0.15, 0.2) is 42.7 Å². The van der Waals surface area contributed by atoms with E-state index in [2.05, 4.69) is 10.3 Å². The molecule has 2 rings (SSSR count). The van der Waals surface area contributed by atoms with Gasteiger partial charge >= 0.3 is 6.09 Å². The Bertz CT molecular complexity index is 558. The summed E-state index contributed by atoms with van der Waals surface area (Å²) in [7, 11) is 0. The fourth-order valence-corrected chi connectivity index (χ4v) is 1.51. The number of pyridine rings is 1. The number of aryl methyl sites for hydroxylation is 1. The highest BCUT2D eigenvalue weighted by molar-refractivity contribution is 6.31. The molecule has 4 nitrogen and oxygen atoms in total. The minimum atomic E-state index is -0.581. The number of hydrogen-bond acceptors (Lipinski definition) is 3. The van der Waals surface area contributed by atoms with E-state index in [1.807, 2.05) is 13.0 Å². The van der Waals surface area contributed by atoms with Gasteiger partial charge in [0.15, 0.2) is 5.75 Å². The first-order valence-electron chi connectivity index (χ1n) is 5.30. The van der Waals surface area contributed by atoms with Crippen LogP contribution in [-0.4, -0.2) is 11.1 Å². The van der Waals surface area contributed by atoms with Crippen LogP contribution >= 0.6 is 11.6 Å². The molecule has 1 N–H and O–H groups in total. The molecule has 1 heterocycles. The predicted molar refractivity (Wildman–Crippen MR) is 70.1 cm³/mol. The molecule has 0 saturated heterocycles. The van der Waals surface area contributed by atoms with Gasteiger partial charge in [0.2, 0.25) is 0 Å². The van der Waals surface area contributed by atoms with Crippen LogP contribution < -0.4 is 10.1 Å². The molecule has 1 aromatic heterocycles. The number of amides is 1. The minimum absolute atomic E-state index is 0.383. The minimum Gasteiger partial charge on any atom is -0.408 e. The van der Waals surface area contributed by atoms with Crippen LogP contribution in [0.25, 0.3) is 0 Å². The number of ether oxygens (including phenoxy) is 1.